The van der Waals surface area contributed by atoms with Crippen molar-refractivity contribution in [3.05, 3.63) is 56.9 Å². The van der Waals surface area contributed by atoms with Crippen LogP contribution in [0.3, 0.4) is 0 Å². The van der Waals surface area contributed by atoms with Gasteiger partial charge in [0.05, 0.1) is 28.1 Å². The molecule has 1 unspecified atom stereocenters. The van der Waals surface area contributed by atoms with Crippen LogP contribution in [0.1, 0.15) is 30.4 Å². The summed E-state index contributed by atoms with van der Waals surface area (Å²) in [5.41, 5.74) is 0.880. The van der Waals surface area contributed by atoms with Gasteiger partial charge in [0.15, 0.2) is 0 Å². The molecule has 1 atom stereocenters. The lowest BCUT2D eigenvalue weighted by molar-refractivity contribution is -0.137. The third-order valence-electron chi connectivity index (χ3n) is 4.30. The highest BCUT2D eigenvalue weighted by Gasteiger charge is 2.38. The highest BCUT2D eigenvalue weighted by atomic mass is 35.5. The molecule has 130 valence electrons. The highest BCUT2D eigenvalue weighted by Crippen LogP contribution is 2.42. The molecule has 2 aliphatic rings. The summed E-state index contributed by atoms with van der Waals surface area (Å²) in [7, 11) is 0. The van der Waals surface area contributed by atoms with Gasteiger partial charge < -0.3 is 10.6 Å². The van der Waals surface area contributed by atoms with Gasteiger partial charge in [-0.1, -0.05) is 17.7 Å². The Morgan fingerprint density at radius 2 is 2.08 bits per heavy atom. The maximum Gasteiger partial charge on any atom is 0.417 e. The van der Waals surface area contributed by atoms with E-state index in [-0.39, 0.29) is 22.6 Å². The molecule has 8 heteroatoms. The lowest BCUT2D eigenvalue weighted by Crippen LogP contribution is -2.40. The van der Waals surface area contributed by atoms with Crippen molar-refractivity contribution in [3.63, 3.8) is 0 Å². The number of benzene rings is 1. The van der Waals surface area contributed by atoms with Gasteiger partial charge in [-0.15, -0.1) is 0 Å². The van der Waals surface area contributed by atoms with E-state index in [1.165, 1.54) is 6.07 Å². The first-order valence-electron chi connectivity index (χ1n) is 7.49. The third-order valence-corrected chi connectivity index (χ3v) is 4.63. The summed E-state index contributed by atoms with van der Waals surface area (Å²) in [6.45, 7) is 2.10. The van der Waals surface area contributed by atoms with Gasteiger partial charge >= 0.3 is 6.18 Å². The summed E-state index contributed by atoms with van der Waals surface area (Å²) in [5.74, 6) is -1.25. The topological polar surface area (TPSA) is 64.9 Å². The first kappa shape index (κ1) is 17.4. The normalized spacial score (nSPS) is 20.6. The van der Waals surface area contributed by atoms with Crippen LogP contribution in [0.15, 0.2) is 40.7 Å². The predicted octanol–water partition coefficient (Wildman–Crippen LogP) is 3.62. The van der Waals surface area contributed by atoms with Crippen LogP contribution in [-0.2, 0) is 11.0 Å². The Labute approximate surface area is 147 Å². The van der Waals surface area contributed by atoms with Crippen molar-refractivity contribution in [2.45, 2.75) is 25.4 Å². The van der Waals surface area contributed by atoms with Gasteiger partial charge in [-0.05, 0) is 24.6 Å². The van der Waals surface area contributed by atoms with Crippen LogP contribution < -0.4 is 10.6 Å². The number of hydrogen-bond acceptors (Lipinski definition) is 3. The Kier molecular flexibility index (Phi) is 4.25. The van der Waals surface area contributed by atoms with Crippen molar-refractivity contribution in [1.82, 2.24) is 10.6 Å². The van der Waals surface area contributed by atoms with Crippen molar-refractivity contribution in [2.24, 2.45) is 0 Å². The molecular formula is C17H13ClF3N3O. The van der Waals surface area contributed by atoms with E-state index < -0.39 is 22.7 Å². The number of nitriles is 1. The van der Waals surface area contributed by atoms with Crippen LogP contribution in [0.5, 0.6) is 0 Å². The van der Waals surface area contributed by atoms with Crippen molar-refractivity contribution in [2.75, 3.05) is 6.54 Å². The quantitative estimate of drug-likeness (QED) is 0.796. The maximum atomic E-state index is 13.2. The zero-order valence-corrected chi connectivity index (χ0v) is 13.8. The minimum atomic E-state index is -4.63. The number of amides is 1. The zero-order chi connectivity index (χ0) is 18.4. The fraction of sp³-hybridized carbons (Fsp3) is 0.294. The number of nitrogens with one attached hydrogen (secondary N) is 2. The summed E-state index contributed by atoms with van der Waals surface area (Å²) >= 11 is 5.68. The molecule has 0 radical (unpaired) electrons. The lowest BCUT2D eigenvalue weighted by Gasteiger charge is -2.33. The van der Waals surface area contributed by atoms with Crippen molar-refractivity contribution in [3.8, 4) is 6.07 Å². The molecule has 0 saturated heterocycles. The first-order chi connectivity index (χ1) is 11.7. The Hall–Kier alpha value is -2.46. The van der Waals surface area contributed by atoms with Crippen molar-refractivity contribution < 1.29 is 18.0 Å². The number of nitrogens with zero attached hydrogens (tertiary/aromatic N) is 1. The zero-order valence-electron chi connectivity index (χ0n) is 13.1. The maximum absolute atomic E-state index is 13.2. The highest BCUT2D eigenvalue weighted by molar-refractivity contribution is 6.31. The molecular weight excluding hydrogens is 355 g/mol. The summed E-state index contributed by atoms with van der Waals surface area (Å²) < 4.78 is 39.6. The van der Waals surface area contributed by atoms with Crippen LogP contribution in [0, 0.1) is 11.3 Å². The molecule has 0 saturated carbocycles. The van der Waals surface area contributed by atoms with Crippen LogP contribution >= 0.6 is 11.6 Å². The van der Waals surface area contributed by atoms with Crippen LogP contribution in [0.2, 0.25) is 5.02 Å². The molecule has 0 aliphatic carbocycles. The number of carbonyl (C=O) groups is 1. The van der Waals surface area contributed by atoms with E-state index in [9.17, 15) is 23.2 Å². The average molecular weight is 368 g/mol. The van der Waals surface area contributed by atoms with Crippen molar-refractivity contribution in [1.29, 1.82) is 5.26 Å². The smallest absolute Gasteiger partial charge is 0.361 e. The molecule has 4 nitrogen and oxygen atoms in total. The number of dihydropyridines is 1. The number of carbonyl (C=O) groups excluding carboxylic acids is 1. The summed E-state index contributed by atoms with van der Waals surface area (Å²) in [6.07, 6.45) is -4.11. The largest absolute Gasteiger partial charge is 0.417 e. The molecule has 3 rings (SSSR count). The van der Waals surface area contributed by atoms with E-state index in [2.05, 4.69) is 10.6 Å². The second-order valence-electron chi connectivity index (χ2n) is 5.84. The second-order valence-corrected chi connectivity index (χ2v) is 6.25. The van der Waals surface area contributed by atoms with Crippen LogP contribution in [-0.4, -0.2) is 12.5 Å². The van der Waals surface area contributed by atoms with Gasteiger partial charge in [0, 0.05) is 29.9 Å². The molecule has 2 N–H and O–H groups in total. The van der Waals surface area contributed by atoms with E-state index in [4.69, 9.17) is 11.6 Å². The van der Waals surface area contributed by atoms with E-state index in [0.717, 1.165) is 12.1 Å². The number of rotatable bonds is 1. The first-order valence-corrected chi connectivity index (χ1v) is 7.87. The van der Waals surface area contributed by atoms with Crippen LogP contribution in [0.4, 0.5) is 13.2 Å². The van der Waals surface area contributed by atoms with Crippen molar-refractivity contribution >= 4 is 17.5 Å². The third kappa shape index (κ3) is 2.98. The standard InChI is InChI=1S/C17H13ClF3N3O/c1-8-10(7-22)14(15-13(24-8)4-5-23-16(15)25)9-2-3-12(18)11(6-9)17(19,20)21/h2-3,6,14,24H,4-5H2,1H3,(H,23,25). The van der Waals surface area contributed by atoms with E-state index in [0.29, 0.717) is 24.4 Å². The number of halogens is 4. The summed E-state index contributed by atoms with van der Waals surface area (Å²) in [4.78, 5) is 12.3. The molecule has 1 amide bonds. The Morgan fingerprint density at radius 1 is 1.36 bits per heavy atom. The van der Waals surface area contributed by atoms with Gasteiger partial charge in [0.1, 0.15) is 0 Å². The number of alkyl halides is 3. The Morgan fingerprint density at radius 3 is 2.72 bits per heavy atom. The minimum absolute atomic E-state index is 0.207. The fourth-order valence-corrected chi connectivity index (χ4v) is 3.40. The Balaban J connectivity index is 2.21. The van der Waals surface area contributed by atoms with Gasteiger partial charge in [-0.2, -0.15) is 18.4 Å². The van der Waals surface area contributed by atoms with E-state index in [1.54, 1.807) is 6.92 Å². The van der Waals surface area contributed by atoms with Gasteiger partial charge in [0.25, 0.3) is 0 Å². The molecule has 0 fully saturated rings. The predicted molar refractivity (Wildman–Crippen MR) is 85.3 cm³/mol. The summed E-state index contributed by atoms with van der Waals surface area (Å²) in [6, 6.07) is 5.50. The minimum Gasteiger partial charge on any atom is -0.361 e. The average Bonchev–Trinajstić information content (AvgIpc) is 2.53. The van der Waals surface area contributed by atoms with E-state index >= 15 is 0 Å². The number of hydrogen-bond donors (Lipinski definition) is 2. The molecule has 25 heavy (non-hydrogen) atoms. The van der Waals surface area contributed by atoms with E-state index in [1.807, 2.05) is 6.07 Å². The fourth-order valence-electron chi connectivity index (χ4n) is 3.18. The second kappa shape index (κ2) is 6.12. The monoisotopic (exact) mass is 367 g/mol. The Bertz CT molecular complexity index is 865. The summed E-state index contributed by atoms with van der Waals surface area (Å²) in [5, 5.41) is 14.8. The molecule has 2 aliphatic heterocycles. The molecule has 0 spiro atoms. The van der Waals surface area contributed by atoms with Crippen LogP contribution in [0.25, 0.3) is 0 Å². The SMILES string of the molecule is CC1=C(C#N)C(c2ccc(Cl)c(C(F)(F)F)c2)C2=C(CCNC2=O)N1. The molecule has 0 aromatic heterocycles. The van der Waals surface area contributed by atoms with Gasteiger partial charge in [-0.3, -0.25) is 4.79 Å². The van der Waals surface area contributed by atoms with Gasteiger partial charge in [-0.25, -0.2) is 0 Å². The number of allylic oxidation sites excluding steroid dienone is 2. The molecule has 2 heterocycles. The molecule has 1 aromatic rings. The lowest BCUT2D eigenvalue weighted by atomic mass is 9.78. The molecule has 1 aromatic carbocycles. The van der Waals surface area contributed by atoms with Gasteiger partial charge in [0.2, 0.25) is 5.91 Å². The molecule has 0 bridgehead atoms.